The Morgan fingerprint density at radius 1 is 1.05 bits per heavy atom. The smallest absolute Gasteiger partial charge is 0.545 e. The predicted octanol–water partition coefficient (Wildman–Crippen LogP) is 2.95. The van der Waals surface area contributed by atoms with Crippen molar-refractivity contribution >= 4 is 45.9 Å². The number of carbonyl (C=O) groups excluding carboxylic acids is 1. The number of carboxylic acids is 1. The molecule has 0 radical (unpaired) electrons. The summed E-state index contributed by atoms with van der Waals surface area (Å²) in [5, 5.41) is 11.9. The first-order valence-corrected chi connectivity index (χ1v) is 13.0. The van der Waals surface area contributed by atoms with Crippen LogP contribution in [0.25, 0.3) is 10.9 Å². The van der Waals surface area contributed by atoms with Crippen LogP contribution < -0.4 is 39.6 Å². The Labute approximate surface area is 244 Å². The van der Waals surface area contributed by atoms with Gasteiger partial charge >= 0.3 is 29.6 Å². The minimum absolute atomic E-state index is 0. The summed E-state index contributed by atoms with van der Waals surface area (Å²) in [6.07, 6.45) is 2.38. The van der Waals surface area contributed by atoms with Crippen LogP contribution in [0.2, 0.25) is 5.02 Å². The van der Waals surface area contributed by atoms with Crippen LogP contribution in [0.3, 0.4) is 0 Å². The minimum atomic E-state index is -1.58. The van der Waals surface area contributed by atoms with Crippen molar-refractivity contribution in [1.29, 1.82) is 0 Å². The zero-order valence-corrected chi connectivity index (χ0v) is 24.1. The van der Waals surface area contributed by atoms with Gasteiger partial charge in [0.25, 0.3) is 0 Å². The van der Waals surface area contributed by atoms with E-state index >= 15 is 4.39 Å². The number of hydrogen-bond donors (Lipinski definition) is 0. The number of aromatic carboxylic acids is 1. The number of hydrogen-bond acceptors (Lipinski definition) is 4. The van der Waals surface area contributed by atoms with E-state index in [0.717, 1.165) is 24.0 Å². The number of halogens is 3. The van der Waals surface area contributed by atoms with Gasteiger partial charge in [-0.05, 0) is 49.6 Å². The molecule has 1 spiro atoms. The van der Waals surface area contributed by atoms with Crippen LogP contribution in [0.15, 0.2) is 64.4 Å². The summed E-state index contributed by atoms with van der Waals surface area (Å²) in [6.45, 7) is 4.03. The van der Waals surface area contributed by atoms with Gasteiger partial charge in [0, 0.05) is 57.2 Å². The molecule has 184 valence electrons. The number of anilines is 1. The predicted molar refractivity (Wildman–Crippen MR) is 136 cm³/mol. The van der Waals surface area contributed by atoms with Crippen molar-refractivity contribution in [2.24, 2.45) is 0 Å². The summed E-state index contributed by atoms with van der Waals surface area (Å²) in [5.74, 6) is -2.96. The third kappa shape index (κ3) is 4.39. The maximum atomic E-state index is 15.4. The molecule has 1 aliphatic heterocycles. The fourth-order valence-electron chi connectivity index (χ4n) is 5.47. The normalized spacial score (nSPS) is 15.2. The number of rotatable bonds is 6. The van der Waals surface area contributed by atoms with Crippen LogP contribution in [0.4, 0.5) is 14.5 Å². The second-order valence-corrected chi connectivity index (χ2v) is 11.0. The molecule has 6 rings (SSSR count). The Bertz CT molecular complexity index is 1550. The maximum Gasteiger partial charge on any atom is 1.00 e. The zero-order chi connectivity index (χ0) is 25.2. The molecule has 4 aromatic rings. The van der Waals surface area contributed by atoms with Crippen LogP contribution in [0, 0.1) is 18.6 Å². The van der Waals surface area contributed by atoms with Crippen molar-refractivity contribution in [3.63, 3.8) is 0 Å². The third-order valence-corrected chi connectivity index (χ3v) is 9.02. The van der Waals surface area contributed by atoms with Gasteiger partial charge in [-0.2, -0.15) is 0 Å². The van der Waals surface area contributed by atoms with Gasteiger partial charge in [-0.1, -0.05) is 53.7 Å². The van der Waals surface area contributed by atoms with E-state index in [0.29, 0.717) is 28.9 Å². The van der Waals surface area contributed by atoms with Crippen LogP contribution in [0.5, 0.6) is 0 Å². The molecule has 0 unspecified atom stereocenters. The van der Waals surface area contributed by atoms with Crippen molar-refractivity contribution in [2.45, 2.75) is 41.5 Å². The van der Waals surface area contributed by atoms with Crippen molar-refractivity contribution < 1.29 is 48.2 Å². The van der Waals surface area contributed by atoms with Gasteiger partial charge in [0.2, 0.25) is 0 Å². The summed E-state index contributed by atoms with van der Waals surface area (Å²) >= 11 is 7.25. The van der Waals surface area contributed by atoms with Crippen LogP contribution >= 0.6 is 23.4 Å². The molecule has 1 aliphatic carbocycles. The number of aromatic nitrogens is 1. The van der Waals surface area contributed by atoms with Crippen molar-refractivity contribution in [3.8, 4) is 0 Å². The molecule has 3 aromatic carbocycles. The molecule has 1 aromatic heterocycles. The van der Waals surface area contributed by atoms with Crippen LogP contribution in [-0.4, -0.2) is 23.6 Å². The average Bonchev–Trinajstić information content (AvgIpc) is 3.51. The molecule has 2 aliphatic rings. The Morgan fingerprint density at radius 2 is 1.81 bits per heavy atom. The quantitative estimate of drug-likeness (QED) is 0.349. The fourth-order valence-corrected chi connectivity index (χ4v) is 6.72. The van der Waals surface area contributed by atoms with E-state index in [9.17, 15) is 14.3 Å². The standard InChI is InChI=1S/C28H23ClF2N2O2S.Na/c1-16-26(36-22-8-4-5-17(23(22)30)27(34)35)18-9-10-20(29)24(31)25(18)33(16)14-13-32-15-28(11-12-28)19-6-2-3-7-21(19)32;/h2-10H,11-15H2,1H3,(H,34,35);/q;+1/p-1. The molecule has 4 nitrogen and oxygen atoms in total. The van der Waals surface area contributed by atoms with E-state index in [1.54, 1.807) is 6.07 Å². The van der Waals surface area contributed by atoms with Gasteiger partial charge in [0.05, 0.1) is 16.5 Å². The summed E-state index contributed by atoms with van der Waals surface area (Å²) in [7, 11) is 0. The molecular weight excluding hydrogens is 525 g/mol. The SMILES string of the molecule is Cc1c(Sc2cccc(C(=O)[O-])c2F)c2ccc(Cl)c(F)c2n1CCN1CC2(CC2)c2ccccc21.[Na+]. The topological polar surface area (TPSA) is 48.3 Å². The van der Waals surface area contributed by atoms with Gasteiger partial charge in [-0.25, -0.2) is 8.78 Å². The number of carbonyl (C=O) groups is 1. The van der Waals surface area contributed by atoms with Gasteiger partial charge in [-0.3, -0.25) is 0 Å². The minimum Gasteiger partial charge on any atom is -0.545 e. The summed E-state index contributed by atoms with van der Waals surface area (Å²) in [6, 6.07) is 15.9. The molecule has 0 amide bonds. The summed E-state index contributed by atoms with van der Waals surface area (Å²) < 4.78 is 32.2. The molecule has 0 bridgehead atoms. The van der Waals surface area contributed by atoms with Gasteiger partial charge in [0.1, 0.15) is 5.82 Å². The first-order chi connectivity index (χ1) is 17.3. The molecule has 2 heterocycles. The molecule has 1 fully saturated rings. The van der Waals surface area contributed by atoms with E-state index in [2.05, 4.69) is 23.1 Å². The van der Waals surface area contributed by atoms with Crippen molar-refractivity contribution in [2.75, 3.05) is 18.0 Å². The first-order valence-electron chi connectivity index (χ1n) is 11.8. The number of benzene rings is 3. The van der Waals surface area contributed by atoms with E-state index in [-0.39, 0.29) is 44.9 Å². The number of para-hydroxylation sites is 1. The molecule has 9 heteroatoms. The molecule has 1 saturated carbocycles. The molecule has 0 N–H and O–H groups in total. The van der Waals surface area contributed by atoms with E-state index in [1.807, 2.05) is 17.6 Å². The number of fused-ring (bicyclic) bond motifs is 3. The van der Waals surface area contributed by atoms with E-state index in [1.165, 1.54) is 48.4 Å². The van der Waals surface area contributed by atoms with E-state index < -0.39 is 23.2 Å². The Morgan fingerprint density at radius 3 is 2.54 bits per heavy atom. The summed E-state index contributed by atoms with van der Waals surface area (Å²) in [5.41, 5.74) is 3.51. The number of carboxylic acid groups (broad SMARTS) is 1. The van der Waals surface area contributed by atoms with Gasteiger partial charge in [-0.15, -0.1) is 0 Å². The maximum absolute atomic E-state index is 15.4. The zero-order valence-electron chi connectivity index (χ0n) is 20.5. The van der Waals surface area contributed by atoms with Crippen molar-refractivity contribution in [3.05, 3.63) is 88.1 Å². The second kappa shape index (κ2) is 9.93. The second-order valence-electron chi connectivity index (χ2n) is 9.55. The van der Waals surface area contributed by atoms with Crippen LogP contribution in [0.1, 0.15) is 34.5 Å². The van der Waals surface area contributed by atoms with Crippen molar-refractivity contribution in [1.82, 2.24) is 4.57 Å². The molecule has 37 heavy (non-hydrogen) atoms. The monoisotopic (exact) mass is 546 g/mol. The molecule has 0 atom stereocenters. The summed E-state index contributed by atoms with van der Waals surface area (Å²) in [4.78, 5) is 14.5. The molecule has 0 saturated heterocycles. The van der Waals surface area contributed by atoms with Gasteiger partial charge in [0.15, 0.2) is 5.82 Å². The fraction of sp³-hybridized carbons (Fsp3) is 0.250. The largest absolute Gasteiger partial charge is 1.00 e. The number of nitrogens with zero attached hydrogens (tertiary/aromatic N) is 2. The van der Waals surface area contributed by atoms with Gasteiger partial charge < -0.3 is 19.4 Å². The Kier molecular flexibility index (Phi) is 7.13. The average molecular weight is 547 g/mol. The Balaban J connectivity index is 0.00000280. The van der Waals surface area contributed by atoms with Crippen LogP contribution in [-0.2, 0) is 12.0 Å². The molecular formula is C28H22ClF2N2NaO2S. The first kappa shape index (κ1) is 26.6. The Hall–Kier alpha value is -2.03. The third-order valence-electron chi connectivity index (χ3n) is 7.47. The van der Waals surface area contributed by atoms with E-state index in [4.69, 9.17) is 11.6 Å².